The van der Waals surface area contributed by atoms with Crippen LogP contribution < -0.4 is 16.0 Å². The van der Waals surface area contributed by atoms with Crippen LogP contribution >= 0.6 is 18.9 Å². The van der Waals surface area contributed by atoms with Crippen molar-refractivity contribution in [1.82, 2.24) is 35.6 Å². The molecule has 3 saturated heterocycles. The molecule has 4 aliphatic rings. The molecule has 19 nitrogen and oxygen atoms in total. The lowest BCUT2D eigenvalue weighted by Crippen LogP contribution is -2.66. The van der Waals surface area contributed by atoms with Gasteiger partial charge in [0, 0.05) is 67.3 Å². The Balaban J connectivity index is 0.889. The largest absolute Gasteiger partial charge is 0.399 e. The van der Waals surface area contributed by atoms with Gasteiger partial charge in [-0.2, -0.15) is 8.78 Å². The van der Waals surface area contributed by atoms with Crippen molar-refractivity contribution in [2.75, 3.05) is 39.3 Å². The number of piperazine rings is 1. The quantitative estimate of drug-likeness (QED) is 0.0374. The van der Waals surface area contributed by atoms with Crippen molar-refractivity contribution in [3.8, 4) is 11.8 Å². The topological polar surface area (TPSA) is 260 Å². The Kier molecular flexibility index (Phi) is 16.6. The minimum atomic E-state index is -5.87. The molecule has 4 aliphatic heterocycles. The van der Waals surface area contributed by atoms with E-state index in [1.54, 1.807) is 31.7 Å². The molecule has 0 bridgehead atoms. The van der Waals surface area contributed by atoms with Crippen LogP contribution in [-0.2, 0) is 39.0 Å². The van der Waals surface area contributed by atoms with Gasteiger partial charge in [-0.1, -0.05) is 69.0 Å². The number of carbonyl (C=O) groups is 9. The molecule has 5 heterocycles. The molecule has 77 heavy (non-hydrogen) atoms. The summed E-state index contributed by atoms with van der Waals surface area (Å²) in [6, 6.07) is 15.1. The predicted molar refractivity (Wildman–Crippen MR) is 277 cm³/mol. The Labute approximate surface area is 446 Å². The van der Waals surface area contributed by atoms with E-state index in [4.69, 9.17) is 0 Å². The lowest BCUT2D eigenvalue weighted by Gasteiger charge is -2.45. The molecule has 4 atom stereocenters. The van der Waals surface area contributed by atoms with Gasteiger partial charge in [0.25, 0.3) is 17.7 Å². The summed E-state index contributed by atoms with van der Waals surface area (Å²) in [5, 5.41) is 7.84. The third-order valence-corrected chi connectivity index (χ3v) is 16.3. The number of carbonyl (C=O) groups excluding carboxylic acids is 9. The van der Waals surface area contributed by atoms with Crippen molar-refractivity contribution in [1.29, 1.82) is 0 Å². The van der Waals surface area contributed by atoms with Crippen LogP contribution in [0.25, 0.3) is 10.1 Å². The first kappa shape index (κ1) is 56.0. The maximum Gasteiger partial charge on any atom is 0.399 e. The highest BCUT2D eigenvalue weighted by Gasteiger charge is 2.51. The molecule has 0 spiro atoms. The molecule has 0 aliphatic carbocycles. The van der Waals surface area contributed by atoms with E-state index in [1.165, 1.54) is 34.1 Å². The van der Waals surface area contributed by atoms with Crippen LogP contribution in [0.4, 0.5) is 8.78 Å². The number of benzene rings is 3. The number of rotatable bonds is 14. The van der Waals surface area contributed by atoms with E-state index in [-0.39, 0.29) is 66.3 Å². The van der Waals surface area contributed by atoms with Gasteiger partial charge in [-0.15, -0.1) is 11.3 Å². The highest BCUT2D eigenvalue weighted by molar-refractivity contribution is 7.52. The van der Waals surface area contributed by atoms with Gasteiger partial charge < -0.3 is 35.1 Å². The summed E-state index contributed by atoms with van der Waals surface area (Å²) in [5.74, 6) is 0.767. The van der Waals surface area contributed by atoms with Crippen LogP contribution in [0.1, 0.15) is 125 Å². The Hall–Kier alpha value is -7.18. The van der Waals surface area contributed by atoms with Crippen LogP contribution in [0.15, 0.2) is 72.8 Å². The van der Waals surface area contributed by atoms with E-state index in [0.29, 0.717) is 49.0 Å². The SMILES string of the molecule is CC(C)(C)C(NC(=O)c1cc2cc(C(F)(F)P(=O)(O)O)ccc2s1)C(=O)N1CCN(C(=O)CC(=O)NCCCCC#Cc2ccc3c(c2)C(=O)N(C2CCC(=O)NC2=O)C3=O)C[C@H]1C(=O)N1CCC[C@H](c2ccccc2)C1. The minimum absolute atomic E-state index is 0.00694. The smallest absolute Gasteiger partial charge is 0.356 e. The van der Waals surface area contributed by atoms with Crippen LogP contribution in [0.2, 0.25) is 0 Å². The van der Waals surface area contributed by atoms with Crippen LogP contribution in [0, 0.1) is 17.3 Å². The van der Waals surface area contributed by atoms with E-state index in [0.717, 1.165) is 40.4 Å². The Morgan fingerprint density at radius 3 is 2.32 bits per heavy atom. The second-order valence-corrected chi connectivity index (χ2v) is 23.4. The number of halogens is 2. The maximum atomic E-state index is 14.9. The summed E-state index contributed by atoms with van der Waals surface area (Å²) in [4.78, 5) is 145. The van der Waals surface area contributed by atoms with Gasteiger partial charge in [0.05, 0.1) is 22.5 Å². The van der Waals surface area contributed by atoms with Gasteiger partial charge in [0.2, 0.25) is 35.4 Å². The zero-order valence-electron chi connectivity index (χ0n) is 42.5. The van der Waals surface area contributed by atoms with Gasteiger partial charge in [-0.05, 0) is 84.9 Å². The van der Waals surface area contributed by atoms with Gasteiger partial charge in [-0.3, -0.25) is 57.9 Å². The monoisotopic (exact) mass is 1100 g/mol. The highest BCUT2D eigenvalue weighted by atomic mass is 32.1. The molecular weight excluding hydrogens is 1040 g/mol. The predicted octanol–water partition coefficient (Wildman–Crippen LogP) is 4.85. The average Bonchev–Trinajstić information content (AvgIpc) is 3.95. The second kappa shape index (κ2) is 22.8. The molecule has 8 rings (SSSR count). The minimum Gasteiger partial charge on any atom is -0.356 e. The first-order valence-electron chi connectivity index (χ1n) is 25.2. The summed E-state index contributed by atoms with van der Waals surface area (Å²) in [6.45, 7) is 5.81. The number of unbranched alkanes of at least 4 members (excludes halogenated alkanes) is 2. The summed E-state index contributed by atoms with van der Waals surface area (Å²) in [7, 11) is -5.87. The van der Waals surface area contributed by atoms with E-state index >= 15 is 0 Å². The molecular formula is C54H58F2N7O12PS. The molecule has 1 aromatic heterocycles. The molecule has 3 fully saturated rings. The van der Waals surface area contributed by atoms with E-state index in [9.17, 15) is 66.3 Å². The molecule has 0 radical (unpaired) electrons. The fourth-order valence-electron chi connectivity index (χ4n) is 9.99. The van der Waals surface area contributed by atoms with Gasteiger partial charge >= 0.3 is 13.3 Å². The fourth-order valence-corrected chi connectivity index (χ4v) is 11.4. The van der Waals surface area contributed by atoms with Crippen molar-refractivity contribution in [2.45, 2.75) is 102 Å². The second-order valence-electron chi connectivity index (χ2n) is 20.6. The lowest BCUT2D eigenvalue weighted by molar-refractivity contribution is -0.155. The van der Waals surface area contributed by atoms with Crippen LogP contribution in [0.5, 0.6) is 0 Å². The molecule has 23 heteroatoms. The standard InChI is InChI=1S/C54H58F2N7O12PS/c1-53(2,3)46(59-48(68)42-28-35-27-36(17-20-41(35)77-42)54(55,56)76(73,74)75)52(72)62-25-24-60(31-40(62)51(71)61-23-11-15-34(30-61)33-13-8-6-9-14-33)45(66)29-44(65)57-22-10-5-4-7-12-32-16-18-37-38(26-32)50(70)63(49(37)69)39-19-21-43(64)58-47(39)67/h6,8-9,13-14,16-18,20,26-28,34,39-40,46H,4-5,10-11,15,19,21-25,29-31H2,1-3H3,(H,57,65)(H,59,68)(H,58,64,67)(H2,73,74,75)/t34-,39?,40-,46?/m0/s1. The van der Waals surface area contributed by atoms with E-state index in [1.807, 2.05) is 30.3 Å². The van der Waals surface area contributed by atoms with Crippen LogP contribution in [-0.4, -0.2) is 140 Å². The normalized spacial score (nSPS) is 19.5. The molecule has 4 aromatic rings. The number of hydrogen-bond donors (Lipinski definition) is 5. The molecule has 5 N–H and O–H groups in total. The molecule has 9 amide bonds. The number of thiophene rings is 1. The molecule has 0 saturated carbocycles. The van der Waals surface area contributed by atoms with Crippen molar-refractivity contribution in [2.24, 2.45) is 5.41 Å². The number of likely N-dealkylation sites (tertiary alicyclic amines) is 1. The third kappa shape index (κ3) is 12.3. The number of piperidine rings is 2. The summed E-state index contributed by atoms with van der Waals surface area (Å²) < 4.78 is 41.1. The van der Waals surface area contributed by atoms with Gasteiger partial charge in [-0.25, -0.2) is 0 Å². The number of imide groups is 2. The van der Waals surface area contributed by atoms with Crippen molar-refractivity contribution >= 4 is 82.2 Å². The van der Waals surface area contributed by atoms with Gasteiger partial charge in [0.1, 0.15) is 24.5 Å². The van der Waals surface area contributed by atoms with E-state index < -0.39 is 102 Å². The number of amides is 9. The molecule has 406 valence electrons. The first-order valence-corrected chi connectivity index (χ1v) is 27.7. The number of fused-ring (bicyclic) bond motifs is 2. The van der Waals surface area contributed by atoms with Crippen LogP contribution in [0.3, 0.4) is 0 Å². The number of nitrogens with zero attached hydrogens (tertiary/aromatic N) is 4. The van der Waals surface area contributed by atoms with Gasteiger partial charge in [0.15, 0.2) is 0 Å². The zero-order chi connectivity index (χ0) is 55.6. The molecule has 3 aromatic carbocycles. The summed E-state index contributed by atoms with van der Waals surface area (Å²) in [6.07, 6.45) is 2.54. The van der Waals surface area contributed by atoms with Crippen molar-refractivity contribution in [3.63, 3.8) is 0 Å². The Morgan fingerprint density at radius 2 is 1.61 bits per heavy atom. The van der Waals surface area contributed by atoms with E-state index in [2.05, 4.69) is 27.8 Å². The van der Waals surface area contributed by atoms with Crippen molar-refractivity contribution < 1.29 is 66.3 Å². The highest BCUT2D eigenvalue weighted by Crippen LogP contribution is 2.59. The average molecular weight is 1100 g/mol. The maximum absolute atomic E-state index is 14.9. The zero-order valence-corrected chi connectivity index (χ0v) is 44.2. The lowest BCUT2D eigenvalue weighted by atomic mass is 9.85. The number of nitrogens with one attached hydrogen (secondary N) is 3. The number of hydrogen-bond acceptors (Lipinski definition) is 11. The summed E-state index contributed by atoms with van der Waals surface area (Å²) >= 11 is 0.927. The van der Waals surface area contributed by atoms with Crippen molar-refractivity contribution in [3.05, 3.63) is 105 Å². The summed E-state index contributed by atoms with van der Waals surface area (Å²) in [5.41, 5.74) is -4.56. The molecule has 2 unspecified atom stereocenters. The Bertz CT molecular complexity index is 3160. The Morgan fingerprint density at radius 1 is 0.870 bits per heavy atom. The third-order valence-electron chi connectivity index (χ3n) is 14.2. The first-order chi connectivity index (χ1) is 36.4. The number of alkyl halides is 2. The fraction of sp³-hybridized carbons (Fsp3) is 0.426.